The summed E-state index contributed by atoms with van der Waals surface area (Å²) in [7, 11) is -1.75. The van der Waals surface area contributed by atoms with Crippen molar-refractivity contribution in [2.24, 2.45) is 5.92 Å². The summed E-state index contributed by atoms with van der Waals surface area (Å²) in [5.74, 6) is 0.664. The number of benzene rings is 2. The molecular formula is C22H27BrN2O4S. The first kappa shape index (κ1) is 22.8. The summed E-state index contributed by atoms with van der Waals surface area (Å²) in [5.41, 5.74) is 1.89. The monoisotopic (exact) mass is 494 g/mol. The van der Waals surface area contributed by atoms with E-state index in [0.717, 1.165) is 27.8 Å². The first-order valence-corrected chi connectivity index (χ1v) is 12.4. The molecule has 30 heavy (non-hydrogen) atoms. The standard InChI is InChI=1S/C22H27BrN2O4S/c1-29-21-8-4-17(5-9-21)10-13-24-22(26)19-11-14-25(15-12-19)30(27,28)16-18-2-6-20(23)7-3-18/h2-9,19H,10-16H2,1H3,(H,24,26). The van der Waals surface area contributed by atoms with E-state index in [1.807, 2.05) is 48.5 Å². The first-order chi connectivity index (χ1) is 14.4. The Balaban J connectivity index is 1.43. The number of carbonyl (C=O) groups excluding carboxylic acids is 1. The number of halogens is 1. The van der Waals surface area contributed by atoms with Crippen LogP contribution in [0.25, 0.3) is 0 Å². The van der Waals surface area contributed by atoms with Crippen LogP contribution >= 0.6 is 15.9 Å². The molecule has 8 heteroatoms. The number of hydrogen-bond acceptors (Lipinski definition) is 4. The zero-order chi connectivity index (χ0) is 21.6. The van der Waals surface area contributed by atoms with Gasteiger partial charge in [0.1, 0.15) is 5.75 Å². The number of sulfonamides is 1. The van der Waals surface area contributed by atoms with Gasteiger partial charge >= 0.3 is 0 Å². The van der Waals surface area contributed by atoms with Crippen molar-refractivity contribution >= 4 is 31.9 Å². The van der Waals surface area contributed by atoms with Gasteiger partial charge in [-0.25, -0.2) is 12.7 Å². The minimum Gasteiger partial charge on any atom is -0.497 e. The zero-order valence-electron chi connectivity index (χ0n) is 17.0. The molecule has 1 aliphatic rings. The maximum Gasteiger partial charge on any atom is 0.223 e. The molecule has 162 valence electrons. The predicted molar refractivity (Wildman–Crippen MR) is 121 cm³/mol. The molecule has 1 N–H and O–H groups in total. The highest BCUT2D eigenvalue weighted by atomic mass is 79.9. The Kier molecular flexibility index (Phi) is 7.91. The number of methoxy groups -OCH3 is 1. The molecule has 2 aromatic rings. The van der Waals surface area contributed by atoms with Gasteiger partial charge < -0.3 is 10.1 Å². The molecule has 0 bridgehead atoms. The van der Waals surface area contributed by atoms with E-state index in [1.54, 1.807) is 7.11 Å². The van der Waals surface area contributed by atoms with E-state index in [0.29, 0.717) is 32.5 Å². The van der Waals surface area contributed by atoms with Crippen LogP contribution < -0.4 is 10.1 Å². The van der Waals surface area contributed by atoms with Gasteiger partial charge in [0.15, 0.2) is 0 Å². The minimum absolute atomic E-state index is 0.00784. The Morgan fingerprint density at radius 3 is 2.27 bits per heavy atom. The second-order valence-electron chi connectivity index (χ2n) is 7.45. The summed E-state index contributed by atoms with van der Waals surface area (Å²) in [5, 5.41) is 2.99. The van der Waals surface area contributed by atoms with Gasteiger partial charge in [-0.05, 0) is 54.7 Å². The van der Waals surface area contributed by atoms with E-state index >= 15 is 0 Å². The number of hydrogen-bond donors (Lipinski definition) is 1. The molecule has 6 nitrogen and oxygen atoms in total. The highest BCUT2D eigenvalue weighted by Crippen LogP contribution is 2.22. The van der Waals surface area contributed by atoms with Crippen LogP contribution in [0.5, 0.6) is 5.75 Å². The molecule has 2 aromatic carbocycles. The molecule has 0 saturated carbocycles. The number of nitrogens with zero attached hydrogens (tertiary/aromatic N) is 1. The smallest absolute Gasteiger partial charge is 0.223 e. The molecular weight excluding hydrogens is 468 g/mol. The number of amides is 1. The van der Waals surface area contributed by atoms with E-state index in [9.17, 15) is 13.2 Å². The third-order valence-electron chi connectivity index (χ3n) is 5.35. The third-order valence-corrected chi connectivity index (χ3v) is 7.73. The maximum atomic E-state index is 12.7. The average molecular weight is 495 g/mol. The fourth-order valence-electron chi connectivity index (χ4n) is 3.55. The fourth-order valence-corrected chi connectivity index (χ4v) is 5.37. The van der Waals surface area contributed by atoms with E-state index in [1.165, 1.54) is 4.31 Å². The Hall–Kier alpha value is -1.90. The maximum absolute atomic E-state index is 12.7. The van der Waals surface area contributed by atoms with Crippen LogP contribution in [0.15, 0.2) is 53.0 Å². The van der Waals surface area contributed by atoms with Crippen molar-refractivity contribution < 1.29 is 17.9 Å². The average Bonchev–Trinajstić information content (AvgIpc) is 2.76. The lowest BCUT2D eigenvalue weighted by Gasteiger charge is -2.30. The van der Waals surface area contributed by atoms with Gasteiger partial charge in [0, 0.05) is 30.0 Å². The summed E-state index contributed by atoms with van der Waals surface area (Å²) in [6.45, 7) is 1.33. The lowest BCUT2D eigenvalue weighted by Crippen LogP contribution is -2.43. The first-order valence-electron chi connectivity index (χ1n) is 10.0. The van der Waals surface area contributed by atoms with Gasteiger partial charge in [-0.2, -0.15) is 0 Å². The van der Waals surface area contributed by atoms with E-state index in [-0.39, 0.29) is 17.6 Å². The molecule has 0 aliphatic carbocycles. The molecule has 1 heterocycles. The normalized spacial score (nSPS) is 15.7. The van der Waals surface area contributed by atoms with Crippen LogP contribution in [-0.4, -0.2) is 45.4 Å². The summed E-state index contributed by atoms with van der Waals surface area (Å²) < 4.78 is 33.0. The van der Waals surface area contributed by atoms with Crippen LogP contribution in [0.1, 0.15) is 24.0 Å². The largest absolute Gasteiger partial charge is 0.497 e. The van der Waals surface area contributed by atoms with Gasteiger partial charge in [-0.1, -0.05) is 40.2 Å². The quantitative estimate of drug-likeness (QED) is 0.610. The predicted octanol–water partition coefficient (Wildman–Crippen LogP) is 3.36. The molecule has 1 amide bonds. The Morgan fingerprint density at radius 1 is 1.07 bits per heavy atom. The number of nitrogens with one attached hydrogen (secondary N) is 1. The molecule has 0 unspecified atom stereocenters. The number of ether oxygens (including phenoxy) is 1. The topological polar surface area (TPSA) is 75.7 Å². The Bertz CT molecular complexity index is 938. The lowest BCUT2D eigenvalue weighted by molar-refractivity contribution is -0.126. The molecule has 3 rings (SSSR count). The fraction of sp³-hybridized carbons (Fsp3) is 0.409. The number of piperidine rings is 1. The Labute approximate surface area is 186 Å². The second-order valence-corrected chi connectivity index (χ2v) is 10.3. The molecule has 0 aromatic heterocycles. The zero-order valence-corrected chi connectivity index (χ0v) is 19.4. The van der Waals surface area contributed by atoms with Gasteiger partial charge in [-0.3, -0.25) is 4.79 Å². The van der Waals surface area contributed by atoms with Crippen molar-refractivity contribution in [2.75, 3.05) is 26.7 Å². The van der Waals surface area contributed by atoms with E-state index in [2.05, 4.69) is 21.2 Å². The second kappa shape index (κ2) is 10.4. The van der Waals surface area contributed by atoms with Crippen molar-refractivity contribution in [2.45, 2.75) is 25.0 Å². The van der Waals surface area contributed by atoms with Crippen LogP contribution in [0.2, 0.25) is 0 Å². The Morgan fingerprint density at radius 2 is 1.67 bits per heavy atom. The number of rotatable bonds is 8. The highest BCUT2D eigenvalue weighted by Gasteiger charge is 2.31. The van der Waals surface area contributed by atoms with Gasteiger partial charge in [0.2, 0.25) is 15.9 Å². The molecule has 0 radical (unpaired) electrons. The van der Waals surface area contributed by atoms with Crippen LogP contribution in [0.3, 0.4) is 0 Å². The van der Waals surface area contributed by atoms with Crippen LogP contribution in [0, 0.1) is 5.92 Å². The van der Waals surface area contributed by atoms with Gasteiger partial charge in [0.05, 0.1) is 12.9 Å². The van der Waals surface area contributed by atoms with Gasteiger partial charge in [0.25, 0.3) is 0 Å². The van der Waals surface area contributed by atoms with Crippen LogP contribution in [-0.2, 0) is 27.0 Å². The van der Waals surface area contributed by atoms with Crippen molar-refractivity contribution in [1.29, 1.82) is 0 Å². The molecule has 1 aliphatic heterocycles. The van der Waals surface area contributed by atoms with Crippen molar-refractivity contribution in [1.82, 2.24) is 9.62 Å². The lowest BCUT2D eigenvalue weighted by atomic mass is 9.97. The van der Waals surface area contributed by atoms with Crippen molar-refractivity contribution in [3.63, 3.8) is 0 Å². The van der Waals surface area contributed by atoms with Crippen molar-refractivity contribution in [3.8, 4) is 5.75 Å². The highest BCUT2D eigenvalue weighted by molar-refractivity contribution is 9.10. The molecule has 0 atom stereocenters. The van der Waals surface area contributed by atoms with Crippen molar-refractivity contribution in [3.05, 3.63) is 64.1 Å². The third kappa shape index (κ3) is 6.30. The summed E-state index contributed by atoms with van der Waals surface area (Å²) >= 11 is 3.36. The van der Waals surface area contributed by atoms with E-state index < -0.39 is 10.0 Å². The number of carbonyl (C=O) groups is 1. The molecule has 0 spiro atoms. The van der Waals surface area contributed by atoms with E-state index in [4.69, 9.17) is 4.74 Å². The summed E-state index contributed by atoms with van der Waals surface area (Å²) in [6, 6.07) is 15.1. The summed E-state index contributed by atoms with van der Waals surface area (Å²) in [6.07, 6.45) is 1.85. The summed E-state index contributed by atoms with van der Waals surface area (Å²) in [4.78, 5) is 12.5. The molecule has 1 saturated heterocycles. The minimum atomic E-state index is -3.38. The molecule has 1 fully saturated rings. The van der Waals surface area contributed by atoms with Gasteiger partial charge in [-0.15, -0.1) is 0 Å². The van der Waals surface area contributed by atoms with Crippen LogP contribution in [0.4, 0.5) is 0 Å². The SMILES string of the molecule is COc1ccc(CCNC(=O)C2CCN(S(=O)(=O)Cc3ccc(Br)cc3)CC2)cc1.